The SMILES string of the molecule is O=C(c1csc(Nc2ccc(OC(F)(F)F)cc2)n1)N1CCN(c2ccc(F)cc2)CC1. The van der Waals surface area contributed by atoms with Gasteiger partial charge in [-0.1, -0.05) is 0 Å². The van der Waals surface area contributed by atoms with Crippen LogP contribution in [0, 0.1) is 5.82 Å². The number of halogens is 4. The Morgan fingerprint density at radius 2 is 1.66 bits per heavy atom. The fraction of sp³-hybridized carbons (Fsp3) is 0.238. The molecule has 0 aliphatic carbocycles. The lowest BCUT2D eigenvalue weighted by Gasteiger charge is -2.35. The summed E-state index contributed by atoms with van der Waals surface area (Å²) in [6.45, 7) is 2.27. The molecule has 0 radical (unpaired) electrons. The van der Waals surface area contributed by atoms with Gasteiger partial charge in [0.25, 0.3) is 5.91 Å². The fourth-order valence-electron chi connectivity index (χ4n) is 3.27. The Balaban J connectivity index is 1.32. The molecule has 1 saturated heterocycles. The van der Waals surface area contributed by atoms with Crippen LogP contribution in [-0.2, 0) is 0 Å². The maximum absolute atomic E-state index is 13.1. The van der Waals surface area contributed by atoms with Crippen LogP contribution in [0.4, 0.5) is 34.1 Å². The van der Waals surface area contributed by atoms with E-state index in [9.17, 15) is 22.4 Å². The molecule has 168 valence electrons. The van der Waals surface area contributed by atoms with E-state index in [4.69, 9.17) is 0 Å². The number of hydrogen-bond acceptors (Lipinski definition) is 6. The molecule has 1 N–H and O–H groups in total. The number of aromatic nitrogens is 1. The second kappa shape index (κ2) is 9.03. The molecule has 6 nitrogen and oxygen atoms in total. The molecule has 32 heavy (non-hydrogen) atoms. The number of nitrogens with zero attached hydrogens (tertiary/aromatic N) is 3. The highest BCUT2D eigenvalue weighted by Gasteiger charge is 2.31. The summed E-state index contributed by atoms with van der Waals surface area (Å²) in [4.78, 5) is 20.9. The molecule has 0 spiro atoms. The smallest absolute Gasteiger partial charge is 0.406 e. The van der Waals surface area contributed by atoms with Gasteiger partial charge < -0.3 is 19.9 Å². The number of thiazole rings is 1. The molecule has 0 unspecified atom stereocenters. The number of benzene rings is 2. The number of piperazine rings is 1. The van der Waals surface area contributed by atoms with Crippen LogP contribution in [0.25, 0.3) is 0 Å². The quantitative estimate of drug-likeness (QED) is 0.543. The van der Waals surface area contributed by atoms with Gasteiger partial charge in [-0.15, -0.1) is 24.5 Å². The van der Waals surface area contributed by atoms with Crippen LogP contribution in [0.3, 0.4) is 0 Å². The van der Waals surface area contributed by atoms with Crippen molar-refractivity contribution in [2.45, 2.75) is 6.36 Å². The highest BCUT2D eigenvalue weighted by atomic mass is 32.1. The molecule has 1 aromatic heterocycles. The Labute approximate surface area is 185 Å². The van der Waals surface area contributed by atoms with Crippen molar-refractivity contribution in [2.75, 3.05) is 36.4 Å². The fourth-order valence-corrected chi connectivity index (χ4v) is 3.98. The van der Waals surface area contributed by atoms with E-state index >= 15 is 0 Å². The predicted octanol–water partition coefficient (Wildman–Crippen LogP) is 4.89. The Hall–Kier alpha value is -3.34. The third kappa shape index (κ3) is 5.47. The monoisotopic (exact) mass is 466 g/mol. The zero-order chi connectivity index (χ0) is 22.7. The van der Waals surface area contributed by atoms with Crippen LogP contribution in [0.1, 0.15) is 10.5 Å². The molecule has 3 aromatic rings. The molecule has 11 heteroatoms. The number of rotatable bonds is 5. The summed E-state index contributed by atoms with van der Waals surface area (Å²) >= 11 is 1.22. The van der Waals surface area contributed by atoms with E-state index in [-0.39, 0.29) is 17.5 Å². The van der Waals surface area contributed by atoms with Gasteiger partial charge in [-0.2, -0.15) is 0 Å². The molecule has 1 aliphatic rings. The van der Waals surface area contributed by atoms with Crippen LogP contribution in [0.2, 0.25) is 0 Å². The lowest BCUT2D eigenvalue weighted by Crippen LogP contribution is -2.48. The molecular weight excluding hydrogens is 448 g/mol. The maximum atomic E-state index is 13.1. The lowest BCUT2D eigenvalue weighted by atomic mass is 10.2. The molecular formula is C21H18F4N4O2S. The van der Waals surface area contributed by atoms with Crippen LogP contribution in [0.5, 0.6) is 5.75 Å². The van der Waals surface area contributed by atoms with Gasteiger partial charge >= 0.3 is 6.36 Å². The van der Waals surface area contributed by atoms with Crippen molar-refractivity contribution in [1.82, 2.24) is 9.88 Å². The number of anilines is 3. The van der Waals surface area contributed by atoms with E-state index in [0.717, 1.165) is 5.69 Å². The Kier molecular flexibility index (Phi) is 6.17. The minimum Gasteiger partial charge on any atom is -0.406 e. The van der Waals surface area contributed by atoms with Crippen molar-refractivity contribution in [3.05, 3.63) is 65.4 Å². The van der Waals surface area contributed by atoms with E-state index in [0.29, 0.717) is 42.7 Å². The minimum absolute atomic E-state index is 0.193. The van der Waals surface area contributed by atoms with Crippen molar-refractivity contribution >= 4 is 33.8 Å². The topological polar surface area (TPSA) is 57.7 Å². The van der Waals surface area contributed by atoms with Crippen molar-refractivity contribution in [1.29, 1.82) is 0 Å². The Morgan fingerprint density at radius 1 is 1.00 bits per heavy atom. The number of carbonyl (C=O) groups excluding carboxylic acids is 1. The Bertz CT molecular complexity index is 1060. The highest BCUT2D eigenvalue weighted by molar-refractivity contribution is 7.14. The lowest BCUT2D eigenvalue weighted by molar-refractivity contribution is -0.274. The first-order valence-corrected chi connectivity index (χ1v) is 10.5. The van der Waals surface area contributed by atoms with E-state index in [2.05, 4.69) is 19.9 Å². The van der Waals surface area contributed by atoms with Gasteiger partial charge in [-0.3, -0.25) is 4.79 Å². The molecule has 0 atom stereocenters. The summed E-state index contributed by atoms with van der Waals surface area (Å²) in [5.41, 5.74) is 1.72. The van der Waals surface area contributed by atoms with Crippen molar-refractivity contribution in [3.63, 3.8) is 0 Å². The summed E-state index contributed by atoms with van der Waals surface area (Å²) in [5.74, 6) is -0.805. The van der Waals surface area contributed by atoms with Gasteiger partial charge in [-0.05, 0) is 48.5 Å². The average molecular weight is 466 g/mol. The molecule has 0 saturated carbocycles. The first-order valence-electron chi connectivity index (χ1n) is 9.65. The largest absolute Gasteiger partial charge is 0.573 e. The van der Waals surface area contributed by atoms with Crippen molar-refractivity contribution in [3.8, 4) is 5.75 Å². The summed E-state index contributed by atoms with van der Waals surface area (Å²) in [6.07, 6.45) is -4.75. The molecule has 2 aromatic carbocycles. The van der Waals surface area contributed by atoms with Gasteiger partial charge in [0.1, 0.15) is 17.3 Å². The standard InChI is InChI=1S/C21H18F4N4O2S/c22-14-1-5-16(6-2-14)28-9-11-29(12-10-28)19(30)18-13-32-20(27-18)26-15-3-7-17(8-4-15)31-21(23,24)25/h1-8,13H,9-12H2,(H,26,27). The van der Waals surface area contributed by atoms with Crippen LogP contribution < -0.4 is 15.0 Å². The average Bonchev–Trinajstić information content (AvgIpc) is 3.23. The zero-order valence-corrected chi connectivity index (χ0v) is 17.4. The highest BCUT2D eigenvalue weighted by Crippen LogP contribution is 2.27. The minimum atomic E-state index is -4.75. The van der Waals surface area contributed by atoms with E-state index in [1.165, 1.54) is 47.7 Å². The third-order valence-electron chi connectivity index (χ3n) is 4.82. The number of ether oxygens (including phenoxy) is 1. The Morgan fingerprint density at radius 3 is 2.28 bits per heavy atom. The van der Waals surface area contributed by atoms with Gasteiger partial charge in [0, 0.05) is 42.9 Å². The summed E-state index contributed by atoms with van der Waals surface area (Å²) in [6, 6.07) is 11.5. The second-order valence-corrected chi connectivity index (χ2v) is 7.85. The molecule has 0 bridgehead atoms. The first-order chi connectivity index (χ1) is 15.3. The number of nitrogens with one attached hydrogen (secondary N) is 1. The number of amides is 1. The van der Waals surface area contributed by atoms with E-state index in [1.807, 2.05) is 0 Å². The second-order valence-electron chi connectivity index (χ2n) is 6.99. The zero-order valence-electron chi connectivity index (χ0n) is 16.6. The van der Waals surface area contributed by atoms with Crippen LogP contribution in [-0.4, -0.2) is 48.3 Å². The van der Waals surface area contributed by atoms with Gasteiger partial charge in [-0.25, -0.2) is 9.37 Å². The van der Waals surface area contributed by atoms with Crippen molar-refractivity contribution < 1.29 is 27.1 Å². The first kappa shape index (κ1) is 21.9. The maximum Gasteiger partial charge on any atom is 0.573 e. The van der Waals surface area contributed by atoms with Crippen LogP contribution >= 0.6 is 11.3 Å². The molecule has 2 heterocycles. The number of carbonyl (C=O) groups is 1. The predicted molar refractivity (Wildman–Crippen MR) is 113 cm³/mol. The van der Waals surface area contributed by atoms with Gasteiger partial charge in [0.2, 0.25) is 0 Å². The van der Waals surface area contributed by atoms with Crippen molar-refractivity contribution in [2.24, 2.45) is 0 Å². The summed E-state index contributed by atoms with van der Waals surface area (Å²) < 4.78 is 53.7. The summed E-state index contributed by atoms with van der Waals surface area (Å²) in [7, 11) is 0. The molecule has 1 fully saturated rings. The van der Waals surface area contributed by atoms with Gasteiger partial charge in [0.05, 0.1) is 0 Å². The van der Waals surface area contributed by atoms with Gasteiger partial charge in [0.15, 0.2) is 5.13 Å². The molecule has 1 aliphatic heterocycles. The normalized spacial score (nSPS) is 14.4. The number of hydrogen-bond donors (Lipinski definition) is 1. The third-order valence-corrected chi connectivity index (χ3v) is 5.58. The number of alkyl halides is 3. The molecule has 1 amide bonds. The molecule has 4 rings (SSSR count). The van der Waals surface area contributed by atoms with Crippen LogP contribution in [0.15, 0.2) is 53.9 Å². The van der Waals surface area contributed by atoms with E-state index < -0.39 is 6.36 Å². The summed E-state index contributed by atoms with van der Waals surface area (Å²) in [5, 5.41) is 5.05. The van der Waals surface area contributed by atoms with E-state index in [1.54, 1.807) is 22.4 Å².